The van der Waals surface area contributed by atoms with E-state index in [2.05, 4.69) is 22.9 Å². The number of alkyl halides is 1. The number of carbonyl (C=O) groups is 1. The van der Waals surface area contributed by atoms with Crippen LogP contribution >= 0.6 is 39.1 Å². The zero-order valence-electron chi connectivity index (χ0n) is 10.3. The van der Waals surface area contributed by atoms with Gasteiger partial charge in [0.25, 0.3) is 5.91 Å². The maximum atomic E-state index is 12.3. The maximum Gasteiger partial charge on any atom is 0.253 e. The monoisotopic (exact) mass is 351 g/mol. The predicted octanol–water partition coefficient (Wildman–Crippen LogP) is 4.58. The minimum Gasteiger partial charge on any atom is -0.337 e. The molecule has 1 amide bonds. The van der Waals surface area contributed by atoms with Crippen molar-refractivity contribution in [1.82, 2.24) is 4.90 Å². The molecule has 100 valence electrons. The number of hydrogen-bond donors (Lipinski definition) is 0. The third kappa shape index (κ3) is 4.45. The highest BCUT2D eigenvalue weighted by Gasteiger charge is 2.15. The van der Waals surface area contributed by atoms with Crippen LogP contribution in [0.15, 0.2) is 22.7 Å². The molecule has 0 aliphatic heterocycles. The highest BCUT2D eigenvalue weighted by Crippen LogP contribution is 2.23. The summed E-state index contributed by atoms with van der Waals surface area (Å²) < 4.78 is 0.790. The maximum absolute atomic E-state index is 12.3. The quantitative estimate of drug-likeness (QED) is 0.686. The van der Waals surface area contributed by atoms with Crippen LogP contribution in [-0.2, 0) is 0 Å². The first kappa shape index (κ1) is 15.8. The van der Waals surface area contributed by atoms with Crippen molar-refractivity contribution < 1.29 is 4.79 Å². The van der Waals surface area contributed by atoms with Crippen molar-refractivity contribution in [1.29, 1.82) is 0 Å². The zero-order valence-corrected chi connectivity index (χ0v) is 13.4. The molecular weight excluding hydrogens is 337 g/mol. The van der Waals surface area contributed by atoms with Crippen molar-refractivity contribution in [3.8, 4) is 0 Å². The summed E-state index contributed by atoms with van der Waals surface area (Å²) in [5.74, 6) is 0.429. The van der Waals surface area contributed by atoms with E-state index in [1.807, 2.05) is 0 Å². The summed E-state index contributed by atoms with van der Waals surface area (Å²) in [5.41, 5.74) is 0.601. The first-order chi connectivity index (χ1) is 8.60. The van der Waals surface area contributed by atoms with Crippen LogP contribution in [0.4, 0.5) is 0 Å². The summed E-state index contributed by atoms with van der Waals surface area (Å²) >= 11 is 15.0. The summed E-state index contributed by atoms with van der Waals surface area (Å²) in [5, 5.41) is 0.544. The predicted molar refractivity (Wildman–Crippen MR) is 80.7 cm³/mol. The third-order valence-electron chi connectivity index (χ3n) is 2.59. The van der Waals surface area contributed by atoms with Gasteiger partial charge in [-0.3, -0.25) is 4.79 Å². The lowest BCUT2D eigenvalue weighted by Crippen LogP contribution is -2.33. The van der Waals surface area contributed by atoms with E-state index in [9.17, 15) is 4.79 Å². The molecular formula is C13H16BrCl2NO. The van der Waals surface area contributed by atoms with Crippen LogP contribution in [0, 0.1) is 0 Å². The molecule has 0 bridgehead atoms. The van der Waals surface area contributed by atoms with Crippen molar-refractivity contribution in [2.45, 2.75) is 19.8 Å². The Kier molecular flexibility index (Phi) is 7.05. The number of halogens is 3. The molecule has 2 nitrogen and oxygen atoms in total. The van der Waals surface area contributed by atoms with Crippen molar-refractivity contribution in [3.05, 3.63) is 33.3 Å². The Morgan fingerprint density at radius 2 is 2.11 bits per heavy atom. The Balaban J connectivity index is 2.83. The lowest BCUT2D eigenvalue weighted by Gasteiger charge is -2.21. The van der Waals surface area contributed by atoms with E-state index in [1.165, 1.54) is 0 Å². The van der Waals surface area contributed by atoms with Gasteiger partial charge in [0.1, 0.15) is 0 Å². The van der Waals surface area contributed by atoms with E-state index >= 15 is 0 Å². The van der Waals surface area contributed by atoms with Gasteiger partial charge in [-0.2, -0.15) is 0 Å². The van der Waals surface area contributed by atoms with Gasteiger partial charge in [0, 0.05) is 29.0 Å². The van der Waals surface area contributed by atoms with Crippen LogP contribution in [-0.4, -0.2) is 29.8 Å². The smallest absolute Gasteiger partial charge is 0.253 e. The van der Waals surface area contributed by atoms with Gasteiger partial charge in [0.05, 0.1) is 5.02 Å². The molecule has 18 heavy (non-hydrogen) atoms. The lowest BCUT2D eigenvalue weighted by atomic mass is 10.2. The minimum atomic E-state index is -0.0153. The standard InChI is InChI=1S/C13H16BrCl2NO/c1-2-3-7-17(8-6-15)13(18)10-4-5-11(14)12(16)9-10/h4-5,9H,2-3,6-8H2,1H3. The van der Waals surface area contributed by atoms with Crippen molar-refractivity contribution in [3.63, 3.8) is 0 Å². The Morgan fingerprint density at radius 1 is 1.39 bits per heavy atom. The second kappa shape index (κ2) is 8.03. The highest BCUT2D eigenvalue weighted by molar-refractivity contribution is 9.10. The van der Waals surface area contributed by atoms with Crippen molar-refractivity contribution in [2.24, 2.45) is 0 Å². The first-order valence-corrected chi connectivity index (χ1v) is 7.61. The average Bonchev–Trinajstić information content (AvgIpc) is 2.37. The molecule has 0 heterocycles. The van der Waals surface area contributed by atoms with Gasteiger partial charge >= 0.3 is 0 Å². The SMILES string of the molecule is CCCCN(CCCl)C(=O)c1ccc(Br)c(Cl)c1. The van der Waals surface area contributed by atoms with Gasteiger partial charge in [0.15, 0.2) is 0 Å². The molecule has 0 atom stereocenters. The molecule has 1 rings (SSSR count). The van der Waals surface area contributed by atoms with Crippen LogP contribution in [0.3, 0.4) is 0 Å². The molecule has 0 spiro atoms. The fourth-order valence-electron chi connectivity index (χ4n) is 1.58. The fraction of sp³-hybridized carbons (Fsp3) is 0.462. The number of amides is 1. The van der Waals surface area contributed by atoms with Gasteiger partial charge in [-0.15, -0.1) is 11.6 Å². The van der Waals surface area contributed by atoms with Crippen LogP contribution < -0.4 is 0 Å². The van der Waals surface area contributed by atoms with Crippen molar-refractivity contribution >= 4 is 45.0 Å². The van der Waals surface area contributed by atoms with Gasteiger partial charge in [-0.1, -0.05) is 24.9 Å². The third-order valence-corrected chi connectivity index (χ3v) is 3.99. The summed E-state index contributed by atoms with van der Waals surface area (Å²) in [6, 6.07) is 5.24. The van der Waals surface area contributed by atoms with E-state index in [0.29, 0.717) is 23.0 Å². The summed E-state index contributed by atoms with van der Waals surface area (Å²) in [7, 11) is 0. The number of carbonyl (C=O) groups excluding carboxylic acids is 1. The van der Waals surface area contributed by atoms with E-state index in [4.69, 9.17) is 23.2 Å². The van der Waals surface area contributed by atoms with Gasteiger partial charge in [-0.05, 0) is 40.5 Å². The number of unbranched alkanes of at least 4 members (excludes halogenated alkanes) is 1. The van der Waals surface area contributed by atoms with Crippen LogP contribution in [0.5, 0.6) is 0 Å². The molecule has 0 N–H and O–H groups in total. The number of nitrogens with zero attached hydrogens (tertiary/aromatic N) is 1. The molecule has 0 saturated carbocycles. The molecule has 0 aromatic heterocycles. The Labute approximate surface area is 126 Å². The summed E-state index contributed by atoms with van der Waals surface area (Å²) in [6.45, 7) is 3.39. The Bertz CT molecular complexity index is 412. The topological polar surface area (TPSA) is 20.3 Å². The molecule has 0 unspecified atom stereocenters. The minimum absolute atomic E-state index is 0.0153. The van der Waals surface area contributed by atoms with E-state index in [1.54, 1.807) is 23.1 Å². The van der Waals surface area contributed by atoms with Gasteiger partial charge < -0.3 is 4.90 Å². The van der Waals surface area contributed by atoms with Gasteiger partial charge in [-0.25, -0.2) is 0 Å². The Hall–Kier alpha value is -0.250. The van der Waals surface area contributed by atoms with Crippen LogP contribution in [0.2, 0.25) is 5.02 Å². The van der Waals surface area contributed by atoms with Gasteiger partial charge in [0.2, 0.25) is 0 Å². The summed E-state index contributed by atoms with van der Waals surface area (Å²) in [4.78, 5) is 14.1. The molecule has 0 aliphatic rings. The highest BCUT2D eigenvalue weighted by atomic mass is 79.9. The molecule has 0 saturated heterocycles. The molecule has 1 aromatic carbocycles. The second-order valence-corrected chi connectivity index (χ2v) is 5.60. The molecule has 0 aliphatic carbocycles. The normalized spacial score (nSPS) is 10.4. The summed E-state index contributed by atoms with van der Waals surface area (Å²) in [6.07, 6.45) is 2.03. The van der Waals surface area contributed by atoms with Crippen molar-refractivity contribution in [2.75, 3.05) is 19.0 Å². The largest absolute Gasteiger partial charge is 0.337 e. The first-order valence-electron chi connectivity index (χ1n) is 5.90. The lowest BCUT2D eigenvalue weighted by molar-refractivity contribution is 0.0763. The van der Waals surface area contributed by atoms with Crippen LogP contribution in [0.1, 0.15) is 30.1 Å². The van der Waals surface area contributed by atoms with E-state index in [-0.39, 0.29) is 5.91 Å². The fourth-order valence-corrected chi connectivity index (χ4v) is 2.21. The van der Waals surface area contributed by atoms with E-state index < -0.39 is 0 Å². The molecule has 0 radical (unpaired) electrons. The molecule has 5 heteroatoms. The number of benzene rings is 1. The van der Waals surface area contributed by atoms with Crippen LogP contribution in [0.25, 0.3) is 0 Å². The molecule has 0 fully saturated rings. The second-order valence-electron chi connectivity index (χ2n) is 3.96. The average molecular weight is 353 g/mol. The number of hydrogen-bond acceptors (Lipinski definition) is 1. The number of rotatable bonds is 6. The molecule has 1 aromatic rings. The zero-order chi connectivity index (χ0) is 13.5. The van der Waals surface area contributed by atoms with E-state index in [0.717, 1.165) is 23.9 Å². The Morgan fingerprint density at radius 3 is 2.67 bits per heavy atom.